The summed E-state index contributed by atoms with van der Waals surface area (Å²) in [5.41, 5.74) is 2.70. The number of rotatable bonds is 3. The Bertz CT molecular complexity index is 1020. The quantitative estimate of drug-likeness (QED) is 0.327. The number of benzene rings is 1. The van der Waals surface area contributed by atoms with Crippen molar-refractivity contribution < 1.29 is 14.6 Å². The van der Waals surface area contributed by atoms with Crippen molar-refractivity contribution >= 4 is 8.32 Å². The third-order valence-electron chi connectivity index (χ3n) is 11.8. The lowest BCUT2D eigenvalue weighted by Gasteiger charge is -2.62. The molecule has 200 valence electrons. The summed E-state index contributed by atoms with van der Waals surface area (Å²) in [5.74, 6) is 1.04. The second-order valence-electron chi connectivity index (χ2n) is 14.9. The van der Waals surface area contributed by atoms with Gasteiger partial charge >= 0.3 is 0 Å². The molecule has 1 aromatic rings. The van der Waals surface area contributed by atoms with Crippen molar-refractivity contribution in [3.8, 4) is 0 Å². The Labute approximate surface area is 220 Å². The summed E-state index contributed by atoms with van der Waals surface area (Å²) >= 11 is 0. The molecule has 4 aliphatic carbocycles. The Hall–Kier alpha value is -0.943. The van der Waals surface area contributed by atoms with Gasteiger partial charge in [0.15, 0.2) is 8.32 Å². The van der Waals surface area contributed by atoms with Gasteiger partial charge in [-0.25, -0.2) is 0 Å². The number of aliphatic hydroxyl groups excluding tert-OH is 1. The van der Waals surface area contributed by atoms with E-state index in [1.54, 1.807) is 0 Å². The lowest BCUT2D eigenvalue weighted by atomic mass is 9.44. The molecular weight excluding hydrogens is 460 g/mol. The van der Waals surface area contributed by atoms with Gasteiger partial charge in [0.2, 0.25) is 0 Å². The van der Waals surface area contributed by atoms with Gasteiger partial charge in [0.1, 0.15) is 5.60 Å². The smallest absolute Gasteiger partial charge is 0.192 e. The summed E-state index contributed by atoms with van der Waals surface area (Å²) in [4.78, 5) is 0. The fraction of sp³-hybridized carbons (Fsp3) is 0.750. The third-order valence-corrected chi connectivity index (χ3v) is 16.3. The highest BCUT2D eigenvalue weighted by molar-refractivity contribution is 6.74. The normalized spacial score (nSPS) is 42.8. The van der Waals surface area contributed by atoms with Gasteiger partial charge in [0, 0.05) is 5.92 Å². The molecule has 1 aromatic carbocycles. The molecule has 36 heavy (non-hydrogen) atoms. The molecule has 0 amide bonds. The number of aliphatic hydroxyl groups is 2. The van der Waals surface area contributed by atoms with Crippen molar-refractivity contribution in [2.75, 3.05) is 0 Å². The summed E-state index contributed by atoms with van der Waals surface area (Å²) in [7, 11) is -1.90. The summed E-state index contributed by atoms with van der Waals surface area (Å²) in [6, 6.07) is 8.58. The predicted octanol–water partition coefficient (Wildman–Crippen LogP) is 7.51. The zero-order valence-corrected chi connectivity index (χ0v) is 25.0. The Morgan fingerprint density at radius 2 is 1.61 bits per heavy atom. The molecular formula is C32H50O3Si. The van der Waals surface area contributed by atoms with E-state index in [-0.39, 0.29) is 34.0 Å². The first-order chi connectivity index (χ1) is 16.6. The van der Waals surface area contributed by atoms with Gasteiger partial charge in [-0.2, -0.15) is 0 Å². The zero-order chi connectivity index (χ0) is 26.3. The third kappa shape index (κ3) is 3.92. The molecule has 4 heteroatoms. The first-order valence-electron chi connectivity index (χ1n) is 14.5. The van der Waals surface area contributed by atoms with Crippen LogP contribution >= 0.6 is 0 Å². The minimum Gasteiger partial charge on any atom is -0.413 e. The maximum absolute atomic E-state index is 12.8. The van der Waals surface area contributed by atoms with Gasteiger partial charge in [-0.3, -0.25) is 0 Å². The maximum Gasteiger partial charge on any atom is 0.192 e. The summed E-state index contributed by atoms with van der Waals surface area (Å²) in [6.45, 7) is 18.8. The van der Waals surface area contributed by atoms with Crippen LogP contribution in [0, 0.1) is 35.5 Å². The van der Waals surface area contributed by atoms with Crippen LogP contribution in [-0.2, 0) is 10.0 Å². The average Bonchev–Trinajstić information content (AvgIpc) is 3.10. The Morgan fingerprint density at radius 3 is 2.25 bits per heavy atom. The van der Waals surface area contributed by atoms with Crippen LogP contribution in [0.4, 0.5) is 0 Å². The Morgan fingerprint density at radius 1 is 0.944 bits per heavy atom. The van der Waals surface area contributed by atoms with Gasteiger partial charge in [0.05, 0.1) is 12.2 Å². The second-order valence-corrected chi connectivity index (χ2v) is 19.7. The highest BCUT2D eigenvalue weighted by Crippen LogP contribution is 2.69. The average molecular weight is 511 g/mol. The van der Waals surface area contributed by atoms with Crippen molar-refractivity contribution in [1.82, 2.24) is 0 Å². The first-order valence-corrected chi connectivity index (χ1v) is 17.4. The molecule has 0 aliphatic heterocycles. The minimum absolute atomic E-state index is 0.0700. The highest BCUT2D eigenvalue weighted by Gasteiger charge is 2.65. The molecule has 8 atom stereocenters. The summed E-state index contributed by atoms with van der Waals surface area (Å²) < 4.78 is 7.16. The van der Waals surface area contributed by atoms with E-state index in [9.17, 15) is 10.2 Å². The largest absolute Gasteiger partial charge is 0.413 e. The van der Waals surface area contributed by atoms with E-state index in [1.807, 2.05) is 0 Å². The van der Waals surface area contributed by atoms with Gasteiger partial charge < -0.3 is 14.6 Å². The fourth-order valence-corrected chi connectivity index (χ4v) is 9.92. The van der Waals surface area contributed by atoms with Crippen molar-refractivity contribution in [2.45, 2.75) is 122 Å². The molecule has 0 radical (unpaired) electrons. The molecule has 0 aromatic heterocycles. The summed E-state index contributed by atoms with van der Waals surface area (Å²) in [5, 5.41) is 23.6. The number of hydrogen-bond donors (Lipinski definition) is 2. The van der Waals surface area contributed by atoms with Gasteiger partial charge in [-0.1, -0.05) is 70.0 Å². The zero-order valence-electron chi connectivity index (χ0n) is 24.0. The van der Waals surface area contributed by atoms with Crippen LogP contribution in [0.15, 0.2) is 35.9 Å². The maximum atomic E-state index is 12.8. The molecule has 5 rings (SSSR count). The first kappa shape index (κ1) is 26.7. The van der Waals surface area contributed by atoms with Crippen LogP contribution in [0.5, 0.6) is 0 Å². The van der Waals surface area contributed by atoms with Crippen molar-refractivity contribution in [2.24, 2.45) is 28.6 Å². The SMILES string of the molecule is Cc1ccc(C2(O)C=C3C[C@@H](O)CC[C@]3(C)[C@H]3CC[C@]4(C)[C@@H](O[Si](C)(C)C(C)(C)C)CC[C@H]4[C@@H]32)cc1. The predicted molar refractivity (Wildman–Crippen MR) is 150 cm³/mol. The second kappa shape index (κ2) is 8.53. The van der Waals surface area contributed by atoms with Gasteiger partial charge in [0.25, 0.3) is 0 Å². The van der Waals surface area contributed by atoms with E-state index in [4.69, 9.17) is 4.43 Å². The lowest BCUT2D eigenvalue weighted by molar-refractivity contribution is -0.147. The van der Waals surface area contributed by atoms with E-state index in [0.29, 0.717) is 18.3 Å². The number of hydrogen-bond acceptors (Lipinski definition) is 3. The van der Waals surface area contributed by atoms with E-state index < -0.39 is 13.9 Å². The number of fused-ring (bicyclic) bond motifs is 5. The molecule has 1 unspecified atom stereocenters. The Kier molecular flexibility index (Phi) is 6.32. The van der Waals surface area contributed by atoms with Crippen LogP contribution in [0.25, 0.3) is 0 Å². The van der Waals surface area contributed by atoms with E-state index in [1.165, 1.54) is 17.6 Å². The van der Waals surface area contributed by atoms with E-state index in [0.717, 1.165) is 37.7 Å². The molecule has 4 aliphatic rings. The lowest BCUT2D eigenvalue weighted by Crippen LogP contribution is -2.59. The van der Waals surface area contributed by atoms with Crippen LogP contribution in [0.2, 0.25) is 18.1 Å². The molecule has 3 fully saturated rings. The molecule has 3 nitrogen and oxygen atoms in total. The van der Waals surface area contributed by atoms with Crippen molar-refractivity contribution in [1.29, 1.82) is 0 Å². The Balaban J connectivity index is 1.59. The molecule has 0 spiro atoms. The minimum atomic E-state index is -1.90. The number of aryl methyl sites for hydroxylation is 1. The van der Waals surface area contributed by atoms with Gasteiger partial charge in [-0.05, 0) is 104 Å². The molecule has 0 bridgehead atoms. The topological polar surface area (TPSA) is 49.7 Å². The standard InChI is InChI=1S/C32H50O3Si/c1-21-9-11-22(12-10-21)32(34)20-23-19-24(33)15-17-30(23,5)26-16-18-31(6)25(28(26)32)13-14-27(31)35-36(7,8)29(2,3)4/h9-12,20,24-28,33-34H,13-19H2,1-8H3/t24-,25-,26-,27-,28-,30-,31-,32?/m0/s1. The van der Waals surface area contributed by atoms with Crippen LogP contribution in [0.1, 0.15) is 90.7 Å². The van der Waals surface area contributed by atoms with Crippen molar-refractivity contribution in [3.05, 3.63) is 47.0 Å². The van der Waals surface area contributed by atoms with Crippen LogP contribution < -0.4 is 0 Å². The summed E-state index contributed by atoms with van der Waals surface area (Å²) in [6.07, 6.45) is 9.35. The molecule has 0 heterocycles. The van der Waals surface area contributed by atoms with Crippen LogP contribution in [-0.4, -0.2) is 30.7 Å². The fourth-order valence-electron chi connectivity index (χ4n) is 8.47. The molecule has 3 saturated carbocycles. The highest BCUT2D eigenvalue weighted by atomic mass is 28.4. The van der Waals surface area contributed by atoms with E-state index in [2.05, 4.69) is 85.0 Å². The monoisotopic (exact) mass is 510 g/mol. The van der Waals surface area contributed by atoms with E-state index >= 15 is 0 Å². The van der Waals surface area contributed by atoms with Crippen LogP contribution in [0.3, 0.4) is 0 Å². The molecule has 0 saturated heterocycles. The van der Waals surface area contributed by atoms with Gasteiger partial charge in [-0.15, -0.1) is 0 Å². The van der Waals surface area contributed by atoms with Crippen molar-refractivity contribution in [3.63, 3.8) is 0 Å². The molecule has 2 N–H and O–H groups in total.